The second-order valence-corrected chi connectivity index (χ2v) is 3.92. The molecular formula is C11H13ClN2O4. The summed E-state index contributed by atoms with van der Waals surface area (Å²) in [5, 5.41) is 13.3. The maximum Gasteiger partial charge on any atom is 0.270 e. The Morgan fingerprint density at radius 1 is 1.56 bits per heavy atom. The minimum atomic E-state index is -0.502. The summed E-state index contributed by atoms with van der Waals surface area (Å²) in [6.45, 7) is 0.312. The number of halogens is 1. The number of likely N-dealkylation sites (N-methyl/N-ethyl adjacent to an activating group) is 1. The van der Waals surface area contributed by atoms with Gasteiger partial charge in [-0.1, -0.05) is 17.7 Å². The van der Waals surface area contributed by atoms with Gasteiger partial charge < -0.3 is 10.1 Å². The summed E-state index contributed by atoms with van der Waals surface area (Å²) in [5.41, 5.74) is 0.703. The highest BCUT2D eigenvalue weighted by atomic mass is 35.5. The summed E-state index contributed by atoms with van der Waals surface area (Å²) in [6.07, 6.45) is 0.494. The first-order valence-corrected chi connectivity index (χ1v) is 5.63. The molecule has 0 radical (unpaired) electrons. The molecule has 1 N–H and O–H groups in total. The Kier molecular flexibility index (Phi) is 5.54. The summed E-state index contributed by atoms with van der Waals surface area (Å²) < 4.78 is 5.12. The standard InChI is InChI=1S/C11H13ClN2O4/c1-13-11(15)7-18-5-4-8-2-3-9(14(16)17)6-10(8)12/h2-3,6H,4-5,7H2,1H3,(H,13,15). The van der Waals surface area contributed by atoms with Gasteiger partial charge in [0.15, 0.2) is 0 Å². The van der Waals surface area contributed by atoms with Gasteiger partial charge in [-0.25, -0.2) is 0 Å². The van der Waals surface area contributed by atoms with Crippen molar-refractivity contribution in [3.8, 4) is 0 Å². The number of rotatable bonds is 6. The zero-order valence-electron chi connectivity index (χ0n) is 9.81. The third-order valence-electron chi connectivity index (χ3n) is 2.28. The van der Waals surface area contributed by atoms with E-state index in [1.165, 1.54) is 19.2 Å². The average molecular weight is 273 g/mol. The van der Waals surface area contributed by atoms with Crippen molar-refractivity contribution in [2.45, 2.75) is 6.42 Å². The fourth-order valence-corrected chi connectivity index (χ4v) is 1.54. The zero-order valence-corrected chi connectivity index (χ0v) is 10.6. The number of carbonyl (C=O) groups is 1. The maximum atomic E-state index is 10.9. The first-order valence-electron chi connectivity index (χ1n) is 5.25. The van der Waals surface area contributed by atoms with Crippen LogP contribution in [0.5, 0.6) is 0 Å². The van der Waals surface area contributed by atoms with Gasteiger partial charge in [0, 0.05) is 19.2 Å². The highest BCUT2D eigenvalue weighted by Gasteiger charge is 2.09. The van der Waals surface area contributed by atoms with Crippen LogP contribution >= 0.6 is 11.6 Å². The van der Waals surface area contributed by atoms with E-state index in [-0.39, 0.29) is 18.2 Å². The number of carbonyl (C=O) groups excluding carboxylic acids is 1. The van der Waals surface area contributed by atoms with Crippen LogP contribution in [0, 0.1) is 10.1 Å². The van der Waals surface area contributed by atoms with Crippen molar-refractivity contribution in [2.24, 2.45) is 0 Å². The molecule has 1 aromatic carbocycles. The lowest BCUT2D eigenvalue weighted by atomic mass is 10.1. The molecule has 7 heteroatoms. The van der Waals surface area contributed by atoms with Crippen molar-refractivity contribution in [3.63, 3.8) is 0 Å². The zero-order chi connectivity index (χ0) is 13.5. The number of nitrogens with zero attached hydrogens (tertiary/aromatic N) is 1. The third kappa shape index (κ3) is 4.31. The Morgan fingerprint density at radius 3 is 2.83 bits per heavy atom. The van der Waals surface area contributed by atoms with Crippen molar-refractivity contribution >= 4 is 23.2 Å². The van der Waals surface area contributed by atoms with E-state index in [4.69, 9.17) is 16.3 Å². The Labute approximate surface area is 109 Å². The van der Waals surface area contributed by atoms with Crippen molar-refractivity contribution in [1.29, 1.82) is 0 Å². The van der Waals surface area contributed by atoms with Gasteiger partial charge >= 0.3 is 0 Å². The van der Waals surface area contributed by atoms with Crippen molar-refractivity contribution in [2.75, 3.05) is 20.3 Å². The van der Waals surface area contributed by atoms with Crippen molar-refractivity contribution in [1.82, 2.24) is 5.32 Å². The molecule has 0 aliphatic heterocycles. The molecule has 1 aromatic rings. The Hall–Kier alpha value is -1.66. The molecule has 0 aliphatic rings. The van der Waals surface area contributed by atoms with E-state index in [9.17, 15) is 14.9 Å². The number of nitro benzene ring substituents is 1. The lowest BCUT2D eigenvalue weighted by molar-refractivity contribution is -0.384. The SMILES string of the molecule is CNC(=O)COCCc1ccc([N+](=O)[O-])cc1Cl. The predicted molar refractivity (Wildman–Crippen MR) is 66.7 cm³/mol. The van der Waals surface area contributed by atoms with Crippen LogP contribution in [0.3, 0.4) is 0 Å². The number of amides is 1. The molecule has 98 valence electrons. The second kappa shape index (κ2) is 6.93. The third-order valence-corrected chi connectivity index (χ3v) is 2.63. The second-order valence-electron chi connectivity index (χ2n) is 3.51. The fraction of sp³-hybridized carbons (Fsp3) is 0.364. The molecule has 0 saturated heterocycles. The number of hydrogen-bond donors (Lipinski definition) is 1. The number of non-ortho nitro benzene ring substituents is 1. The molecular weight excluding hydrogens is 260 g/mol. The quantitative estimate of drug-likeness (QED) is 0.484. The van der Waals surface area contributed by atoms with Crippen molar-refractivity contribution < 1.29 is 14.5 Å². The number of ether oxygens (including phenoxy) is 1. The molecule has 0 aromatic heterocycles. The largest absolute Gasteiger partial charge is 0.371 e. The van der Waals surface area contributed by atoms with E-state index in [1.807, 2.05) is 0 Å². The normalized spacial score (nSPS) is 10.1. The monoisotopic (exact) mass is 272 g/mol. The van der Waals surface area contributed by atoms with Crippen LogP contribution < -0.4 is 5.32 Å². The van der Waals surface area contributed by atoms with Gasteiger partial charge in [-0.05, 0) is 12.0 Å². The smallest absolute Gasteiger partial charge is 0.270 e. The number of nitrogens with one attached hydrogen (secondary N) is 1. The van der Waals surface area contributed by atoms with Gasteiger partial charge in [-0.15, -0.1) is 0 Å². The Morgan fingerprint density at radius 2 is 2.28 bits per heavy atom. The summed E-state index contributed by atoms with van der Waals surface area (Å²) >= 11 is 5.90. The molecule has 0 unspecified atom stereocenters. The maximum absolute atomic E-state index is 10.9. The highest BCUT2D eigenvalue weighted by Crippen LogP contribution is 2.22. The van der Waals surface area contributed by atoms with Crippen molar-refractivity contribution in [3.05, 3.63) is 38.9 Å². The van der Waals surface area contributed by atoms with E-state index in [0.29, 0.717) is 18.1 Å². The van der Waals surface area contributed by atoms with Crippen LogP contribution in [0.2, 0.25) is 5.02 Å². The van der Waals surface area contributed by atoms with Crippen LogP contribution in [0.4, 0.5) is 5.69 Å². The van der Waals surface area contributed by atoms with Gasteiger partial charge in [-0.2, -0.15) is 0 Å². The van der Waals surface area contributed by atoms with Crippen LogP contribution in [0.25, 0.3) is 0 Å². The molecule has 0 heterocycles. The Bertz CT molecular complexity index is 451. The van der Waals surface area contributed by atoms with E-state index in [2.05, 4.69) is 5.32 Å². The number of hydrogen-bond acceptors (Lipinski definition) is 4. The van der Waals surface area contributed by atoms with E-state index in [0.717, 1.165) is 5.56 Å². The van der Waals surface area contributed by atoms with E-state index in [1.54, 1.807) is 6.07 Å². The van der Waals surface area contributed by atoms with Crippen LogP contribution in [0.15, 0.2) is 18.2 Å². The van der Waals surface area contributed by atoms with Gasteiger partial charge in [0.2, 0.25) is 5.91 Å². The van der Waals surface area contributed by atoms with Gasteiger partial charge in [0.1, 0.15) is 6.61 Å². The average Bonchev–Trinajstić information content (AvgIpc) is 2.35. The molecule has 6 nitrogen and oxygen atoms in total. The summed E-state index contributed by atoms with van der Waals surface area (Å²) in [7, 11) is 1.53. The van der Waals surface area contributed by atoms with Crippen LogP contribution in [0.1, 0.15) is 5.56 Å². The highest BCUT2D eigenvalue weighted by molar-refractivity contribution is 6.31. The minimum absolute atomic E-state index is 0.0128. The first kappa shape index (κ1) is 14.4. The summed E-state index contributed by atoms with van der Waals surface area (Å²) in [6, 6.07) is 4.28. The fourth-order valence-electron chi connectivity index (χ4n) is 1.27. The van der Waals surface area contributed by atoms with Gasteiger partial charge in [0.25, 0.3) is 5.69 Å². The van der Waals surface area contributed by atoms with E-state index < -0.39 is 4.92 Å². The molecule has 0 aliphatic carbocycles. The molecule has 0 saturated carbocycles. The van der Waals surface area contributed by atoms with Gasteiger partial charge in [-0.3, -0.25) is 14.9 Å². The molecule has 0 fully saturated rings. The lowest BCUT2D eigenvalue weighted by Gasteiger charge is -2.05. The number of benzene rings is 1. The molecule has 1 amide bonds. The summed E-state index contributed by atoms with van der Waals surface area (Å²) in [4.78, 5) is 20.9. The van der Waals surface area contributed by atoms with Gasteiger partial charge in [0.05, 0.1) is 16.6 Å². The molecule has 0 atom stereocenters. The minimum Gasteiger partial charge on any atom is -0.371 e. The van der Waals surface area contributed by atoms with Crippen LogP contribution in [-0.4, -0.2) is 31.1 Å². The summed E-state index contributed by atoms with van der Waals surface area (Å²) in [5.74, 6) is -0.204. The predicted octanol–water partition coefficient (Wildman–Crippen LogP) is 1.55. The lowest BCUT2D eigenvalue weighted by Crippen LogP contribution is -2.23. The Balaban J connectivity index is 2.48. The van der Waals surface area contributed by atoms with E-state index >= 15 is 0 Å². The number of nitro groups is 1. The molecule has 18 heavy (non-hydrogen) atoms. The first-order chi connectivity index (χ1) is 8.54. The molecule has 1 rings (SSSR count). The molecule has 0 bridgehead atoms. The molecule has 0 spiro atoms. The van der Waals surface area contributed by atoms with Crippen LogP contribution in [-0.2, 0) is 16.0 Å². The topological polar surface area (TPSA) is 81.5 Å².